The second kappa shape index (κ2) is 8.67. The molecule has 1 aliphatic rings. The highest BCUT2D eigenvalue weighted by molar-refractivity contribution is 5.94. The van der Waals surface area contributed by atoms with Crippen molar-refractivity contribution in [3.05, 3.63) is 35.9 Å². The molecule has 1 N–H and O–H groups in total. The first kappa shape index (κ1) is 17.5. The second-order valence-corrected chi connectivity index (χ2v) is 6.39. The second-order valence-electron chi connectivity index (χ2n) is 6.39. The smallest absolute Gasteiger partial charge is 0.253 e. The summed E-state index contributed by atoms with van der Waals surface area (Å²) in [7, 11) is 0. The summed E-state index contributed by atoms with van der Waals surface area (Å²) in [4.78, 5) is 28.7. The van der Waals surface area contributed by atoms with Crippen LogP contribution in [0.1, 0.15) is 30.6 Å². The van der Waals surface area contributed by atoms with E-state index in [2.05, 4.69) is 19.2 Å². The van der Waals surface area contributed by atoms with Gasteiger partial charge in [-0.3, -0.25) is 9.59 Å². The molecule has 0 aromatic heterocycles. The summed E-state index contributed by atoms with van der Waals surface area (Å²) in [6.45, 7) is 8.55. The van der Waals surface area contributed by atoms with E-state index >= 15 is 0 Å². The Morgan fingerprint density at radius 3 is 2.43 bits per heavy atom. The lowest BCUT2D eigenvalue weighted by Crippen LogP contribution is -2.47. The van der Waals surface area contributed by atoms with Crippen molar-refractivity contribution in [3.8, 4) is 0 Å². The van der Waals surface area contributed by atoms with Gasteiger partial charge in [0.25, 0.3) is 5.91 Å². The molecule has 1 aliphatic heterocycles. The van der Waals surface area contributed by atoms with Gasteiger partial charge in [-0.2, -0.15) is 0 Å². The topological polar surface area (TPSA) is 52.7 Å². The van der Waals surface area contributed by atoms with E-state index in [1.54, 1.807) is 4.90 Å². The number of nitrogens with one attached hydrogen (secondary N) is 1. The molecule has 2 amide bonds. The van der Waals surface area contributed by atoms with Crippen LogP contribution in [0.4, 0.5) is 0 Å². The fourth-order valence-electron chi connectivity index (χ4n) is 2.78. The molecule has 0 atom stereocenters. The lowest BCUT2D eigenvalue weighted by atomic mass is 10.1. The summed E-state index contributed by atoms with van der Waals surface area (Å²) in [5.41, 5.74) is 0.683. The molecule has 2 rings (SSSR count). The van der Waals surface area contributed by atoms with Gasteiger partial charge in [0.15, 0.2) is 0 Å². The van der Waals surface area contributed by atoms with Crippen molar-refractivity contribution in [3.63, 3.8) is 0 Å². The van der Waals surface area contributed by atoms with E-state index in [-0.39, 0.29) is 11.8 Å². The zero-order valence-electron chi connectivity index (χ0n) is 14.1. The van der Waals surface area contributed by atoms with Crippen LogP contribution in [-0.4, -0.2) is 60.9 Å². The number of rotatable bonds is 6. The maximum atomic E-state index is 12.7. The van der Waals surface area contributed by atoms with Crippen LogP contribution >= 0.6 is 0 Å². The van der Waals surface area contributed by atoms with E-state index in [9.17, 15) is 9.59 Å². The van der Waals surface area contributed by atoms with E-state index < -0.39 is 0 Å². The molecule has 0 saturated carbocycles. The molecule has 1 saturated heterocycles. The predicted molar refractivity (Wildman–Crippen MR) is 91.3 cm³/mol. The zero-order chi connectivity index (χ0) is 16.7. The van der Waals surface area contributed by atoms with Crippen molar-refractivity contribution >= 4 is 11.8 Å². The number of nitrogens with zero attached hydrogens (tertiary/aromatic N) is 2. The number of carbonyl (C=O) groups excluding carboxylic acids is 2. The Morgan fingerprint density at radius 2 is 1.83 bits per heavy atom. The Bertz CT molecular complexity index is 510. The van der Waals surface area contributed by atoms with E-state index in [1.807, 2.05) is 35.2 Å². The average Bonchev–Trinajstić information content (AvgIpc) is 2.59. The predicted octanol–water partition coefficient (Wildman–Crippen LogP) is 1.61. The summed E-state index contributed by atoms with van der Waals surface area (Å²) in [5, 5.41) is 3.24. The number of hydrogen-bond donors (Lipinski definition) is 1. The van der Waals surface area contributed by atoms with E-state index in [0.717, 1.165) is 26.2 Å². The van der Waals surface area contributed by atoms with Crippen LogP contribution in [0.15, 0.2) is 30.3 Å². The van der Waals surface area contributed by atoms with Crippen LogP contribution in [0.2, 0.25) is 0 Å². The Hall–Kier alpha value is -1.88. The van der Waals surface area contributed by atoms with Gasteiger partial charge in [-0.25, -0.2) is 0 Å². The van der Waals surface area contributed by atoms with Gasteiger partial charge in [0.1, 0.15) is 0 Å². The van der Waals surface area contributed by atoms with Crippen molar-refractivity contribution < 1.29 is 9.59 Å². The van der Waals surface area contributed by atoms with Crippen molar-refractivity contribution in [2.45, 2.75) is 20.3 Å². The van der Waals surface area contributed by atoms with Crippen molar-refractivity contribution in [1.29, 1.82) is 0 Å². The zero-order valence-corrected chi connectivity index (χ0v) is 14.1. The Balaban J connectivity index is 1.95. The molecule has 5 heteroatoms. The molecule has 0 spiro atoms. The van der Waals surface area contributed by atoms with Crippen LogP contribution in [0, 0.1) is 5.92 Å². The SMILES string of the molecule is CC(C)CN(CCC(=O)N1CCNCC1)C(=O)c1ccccc1. The molecule has 0 aliphatic carbocycles. The average molecular weight is 317 g/mol. The quantitative estimate of drug-likeness (QED) is 0.867. The minimum absolute atomic E-state index is 0.00686. The molecular weight excluding hydrogens is 290 g/mol. The molecule has 23 heavy (non-hydrogen) atoms. The van der Waals surface area contributed by atoms with Gasteiger partial charge < -0.3 is 15.1 Å². The van der Waals surface area contributed by atoms with E-state index in [1.165, 1.54) is 0 Å². The maximum absolute atomic E-state index is 12.7. The third kappa shape index (κ3) is 5.36. The third-order valence-corrected chi connectivity index (χ3v) is 3.96. The van der Waals surface area contributed by atoms with Gasteiger partial charge in [0.2, 0.25) is 5.91 Å². The molecule has 1 aromatic carbocycles. The van der Waals surface area contributed by atoms with Gasteiger partial charge in [-0.1, -0.05) is 32.0 Å². The van der Waals surface area contributed by atoms with Gasteiger partial charge >= 0.3 is 0 Å². The van der Waals surface area contributed by atoms with Gasteiger partial charge in [-0.15, -0.1) is 0 Å². The summed E-state index contributed by atoms with van der Waals surface area (Å²) in [6.07, 6.45) is 0.394. The first-order valence-electron chi connectivity index (χ1n) is 8.40. The first-order chi connectivity index (χ1) is 11.1. The first-order valence-corrected chi connectivity index (χ1v) is 8.40. The number of amides is 2. The van der Waals surface area contributed by atoms with Crippen LogP contribution in [0.3, 0.4) is 0 Å². The maximum Gasteiger partial charge on any atom is 0.253 e. The third-order valence-electron chi connectivity index (χ3n) is 3.96. The molecule has 1 heterocycles. The van der Waals surface area contributed by atoms with Crippen LogP contribution < -0.4 is 5.32 Å². The highest BCUT2D eigenvalue weighted by Gasteiger charge is 2.20. The van der Waals surface area contributed by atoms with Crippen LogP contribution in [-0.2, 0) is 4.79 Å². The van der Waals surface area contributed by atoms with E-state index in [4.69, 9.17) is 0 Å². The van der Waals surface area contributed by atoms with Crippen molar-refractivity contribution in [2.24, 2.45) is 5.92 Å². The monoisotopic (exact) mass is 317 g/mol. The summed E-state index contributed by atoms with van der Waals surface area (Å²) in [6, 6.07) is 9.29. The van der Waals surface area contributed by atoms with Crippen molar-refractivity contribution in [2.75, 3.05) is 39.3 Å². The largest absolute Gasteiger partial charge is 0.340 e. The van der Waals surface area contributed by atoms with Gasteiger partial charge in [-0.05, 0) is 18.1 Å². The standard InChI is InChI=1S/C18H27N3O2/c1-15(2)14-21(18(23)16-6-4-3-5-7-16)11-8-17(22)20-12-9-19-10-13-20/h3-7,15,19H,8-14H2,1-2H3. The molecule has 126 valence electrons. The molecule has 1 fully saturated rings. The fourth-order valence-corrected chi connectivity index (χ4v) is 2.78. The Labute approximate surface area is 138 Å². The Kier molecular flexibility index (Phi) is 6.59. The molecule has 0 unspecified atom stereocenters. The molecule has 5 nitrogen and oxygen atoms in total. The highest BCUT2D eigenvalue weighted by Crippen LogP contribution is 2.09. The minimum atomic E-state index is 0.00686. The lowest BCUT2D eigenvalue weighted by Gasteiger charge is -2.29. The fraction of sp³-hybridized carbons (Fsp3) is 0.556. The molecule has 1 aromatic rings. The number of carbonyl (C=O) groups is 2. The lowest BCUT2D eigenvalue weighted by molar-refractivity contribution is -0.132. The molecular formula is C18H27N3O2. The Morgan fingerprint density at radius 1 is 1.17 bits per heavy atom. The number of hydrogen-bond acceptors (Lipinski definition) is 3. The summed E-state index contributed by atoms with van der Waals surface area (Å²) in [5.74, 6) is 0.519. The summed E-state index contributed by atoms with van der Waals surface area (Å²) >= 11 is 0. The minimum Gasteiger partial charge on any atom is -0.340 e. The van der Waals surface area contributed by atoms with Crippen LogP contribution in [0.25, 0.3) is 0 Å². The number of benzene rings is 1. The van der Waals surface area contributed by atoms with Gasteiger partial charge in [0, 0.05) is 51.3 Å². The molecule has 0 radical (unpaired) electrons. The van der Waals surface area contributed by atoms with Crippen molar-refractivity contribution in [1.82, 2.24) is 15.1 Å². The summed E-state index contributed by atoms with van der Waals surface area (Å²) < 4.78 is 0. The highest BCUT2D eigenvalue weighted by atomic mass is 16.2. The normalized spacial score (nSPS) is 14.8. The van der Waals surface area contributed by atoms with E-state index in [0.29, 0.717) is 31.0 Å². The van der Waals surface area contributed by atoms with Crippen LogP contribution in [0.5, 0.6) is 0 Å². The molecule has 0 bridgehead atoms. The number of piperazine rings is 1. The van der Waals surface area contributed by atoms with Gasteiger partial charge in [0.05, 0.1) is 0 Å².